The van der Waals surface area contributed by atoms with E-state index in [0.29, 0.717) is 0 Å². The van der Waals surface area contributed by atoms with Gasteiger partial charge in [0, 0.05) is 5.56 Å². The second kappa shape index (κ2) is 5.82. The fourth-order valence-electron chi connectivity index (χ4n) is 1.66. The van der Waals surface area contributed by atoms with Crippen molar-refractivity contribution in [2.24, 2.45) is 0 Å². The molecule has 0 aliphatic carbocycles. The largest absolute Gasteiger partial charge is 0.288 e. The van der Waals surface area contributed by atoms with Crippen LogP contribution in [0.1, 0.15) is 15.9 Å². The highest BCUT2D eigenvalue weighted by Crippen LogP contribution is 2.28. The lowest BCUT2D eigenvalue weighted by Crippen LogP contribution is -2.13. The molecule has 6 heteroatoms. The van der Waals surface area contributed by atoms with Gasteiger partial charge in [0.05, 0.1) is 9.13 Å². The predicted molar refractivity (Wildman–Crippen MR) is 76.0 cm³/mol. The van der Waals surface area contributed by atoms with Gasteiger partial charge in [0.2, 0.25) is 0 Å². The highest BCUT2D eigenvalue weighted by atomic mass is 127. The molecular formula is C14H7F4IO. The summed E-state index contributed by atoms with van der Waals surface area (Å²) in [7, 11) is 0. The standard InChI is InChI=1S/C14H7F4IO/c1-19-13-10(16)8(9(15)11(17)12(13)18)14(20)7-5-3-2-4-6-7/h2-6H,1H2. The number of hydrogen-bond acceptors (Lipinski definition) is 1. The fourth-order valence-corrected chi connectivity index (χ4v) is 2.83. The van der Waals surface area contributed by atoms with E-state index in [4.69, 9.17) is 0 Å². The molecule has 0 saturated carbocycles. The van der Waals surface area contributed by atoms with Crippen LogP contribution in [0.2, 0.25) is 0 Å². The topological polar surface area (TPSA) is 17.1 Å². The minimum absolute atomic E-state index is 0.00970. The number of rotatable bonds is 3. The van der Waals surface area contributed by atoms with Gasteiger partial charge in [-0.3, -0.25) is 4.79 Å². The zero-order valence-electron chi connectivity index (χ0n) is 9.89. The van der Waals surface area contributed by atoms with Gasteiger partial charge in [0.1, 0.15) is 0 Å². The summed E-state index contributed by atoms with van der Waals surface area (Å²) in [5, 5.41) is 0. The van der Waals surface area contributed by atoms with Crippen LogP contribution in [-0.4, -0.2) is 10.3 Å². The summed E-state index contributed by atoms with van der Waals surface area (Å²) in [5.74, 6) is -7.65. The summed E-state index contributed by atoms with van der Waals surface area (Å²) in [6.07, 6.45) is 0. The van der Waals surface area contributed by atoms with Crippen molar-refractivity contribution in [2.75, 3.05) is 0 Å². The van der Waals surface area contributed by atoms with E-state index in [1.807, 2.05) is 0 Å². The molecule has 0 amide bonds. The van der Waals surface area contributed by atoms with Gasteiger partial charge < -0.3 is 0 Å². The van der Waals surface area contributed by atoms with Crippen molar-refractivity contribution in [3.8, 4) is 0 Å². The number of halogens is 5. The quantitative estimate of drug-likeness (QED) is 0.253. The van der Waals surface area contributed by atoms with Gasteiger partial charge in [-0.2, -0.15) is 0 Å². The first-order valence-electron chi connectivity index (χ1n) is 5.33. The lowest BCUT2D eigenvalue weighted by Gasteiger charge is -2.09. The number of carbonyl (C=O) groups excluding carboxylic acids is 1. The molecule has 0 saturated heterocycles. The Morgan fingerprint density at radius 3 is 2.05 bits per heavy atom. The third-order valence-corrected chi connectivity index (χ3v) is 4.32. The van der Waals surface area contributed by atoms with E-state index in [1.165, 1.54) is 24.3 Å². The summed E-state index contributed by atoms with van der Waals surface area (Å²) in [5.41, 5.74) is -1.09. The maximum atomic E-state index is 14.0. The number of ketones is 1. The van der Waals surface area contributed by atoms with E-state index in [2.05, 4.69) is 4.51 Å². The Labute approximate surface area is 122 Å². The van der Waals surface area contributed by atoms with Crippen LogP contribution in [-0.2, 0) is 0 Å². The minimum Gasteiger partial charge on any atom is -0.288 e. The monoisotopic (exact) mass is 394 g/mol. The lowest BCUT2D eigenvalue weighted by atomic mass is 10.0. The molecule has 0 aliphatic rings. The van der Waals surface area contributed by atoms with Gasteiger partial charge in [0.15, 0.2) is 29.1 Å². The SMILES string of the molecule is C=Ic1c(F)c(F)c(F)c(C(=O)c2ccccc2)c1F. The summed E-state index contributed by atoms with van der Waals surface area (Å²) < 4.78 is 57.2. The van der Waals surface area contributed by atoms with Crippen LogP contribution in [0.25, 0.3) is 0 Å². The van der Waals surface area contributed by atoms with Crippen molar-refractivity contribution in [3.63, 3.8) is 0 Å². The minimum atomic E-state index is -1.84. The molecule has 0 bridgehead atoms. The molecule has 2 aromatic carbocycles. The average molecular weight is 394 g/mol. The molecule has 2 rings (SSSR count). The van der Waals surface area contributed by atoms with Crippen molar-refractivity contribution >= 4 is 31.0 Å². The second-order valence-electron chi connectivity index (χ2n) is 3.77. The molecule has 0 N–H and O–H groups in total. The highest BCUT2D eigenvalue weighted by molar-refractivity contribution is 14.2. The Bertz CT molecular complexity index is 698. The number of benzene rings is 2. The summed E-state index contributed by atoms with van der Waals surface area (Å²) in [6.45, 7) is 0. The first-order chi connectivity index (χ1) is 9.49. The van der Waals surface area contributed by atoms with E-state index in [1.54, 1.807) is 6.07 Å². The van der Waals surface area contributed by atoms with E-state index in [-0.39, 0.29) is 5.56 Å². The Morgan fingerprint density at radius 2 is 1.50 bits per heavy atom. The summed E-state index contributed by atoms with van der Waals surface area (Å²) in [6, 6.07) is 7.28. The Hall–Kier alpha value is -1.57. The molecule has 2 aromatic rings. The molecule has 0 aliphatic heterocycles. The van der Waals surface area contributed by atoms with Crippen LogP contribution >= 0.6 is 20.7 Å². The first-order valence-corrected chi connectivity index (χ1v) is 7.93. The summed E-state index contributed by atoms with van der Waals surface area (Å²) >= 11 is -1.43. The van der Waals surface area contributed by atoms with Crippen LogP contribution in [0.5, 0.6) is 0 Å². The van der Waals surface area contributed by atoms with Crippen molar-refractivity contribution in [2.45, 2.75) is 0 Å². The van der Waals surface area contributed by atoms with Crippen molar-refractivity contribution in [3.05, 3.63) is 68.3 Å². The molecule has 0 unspecified atom stereocenters. The zero-order chi connectivity index (χ0) is 14.9. The maximum Gasteiger partial charge on any atom is 0.199 e. The fraction of sp³-hybridized carbons (Fsp3) is 0. The normalized spacial score (nSPS) is 10.6. The van der Waals surface area contributed by atoms with Crippen LogP contribution in [0, 0.1) is 26.8 Å². The van der Waals surface area contributed by atoms with Crippen LogP contribution in [0.3, 0.4) is 0 Å². The van der Waals surface area contributed by atoms with Crippen LogP contribution in [0.4, 0.5) is 17.6 Å². The molecule has 104 valence electrons. The molecule has 20 heavy (non-hydrogen) atoms. The highest BCUT2D eigenvalue weighted by Gasteiger charge is 2.28. The Morgan fingerprint density at radius 1 is 0.900 bits per heavy atom. The van der Waals surface area contributed by atoms with Gasteiger partial charge in [0.25, 0.3) is 0 Å². The zero-order valence-corrected chi connectivity index (χ0v) is 12.0. The molecular weight excluding hydrogens is 387 g/mol. The third-order valence-electron chi connectivity index (χ3n) is 2.61. The van der Waals surface area contributed by atoms with Crippen molar-refractivity contribution in [1.82, 2.24) is 0 Å². The molecule has 0 radical (unpaired) electrons. The Balaban J connectivity index is 2.72. The van der Waals surface area contributed by atoms with E-state index < -0.39 is 58.9 Å². The molecule has 0 atom stereocenters. The third kappa shape index (κ3) is 2.39. The summed E-state index contributed by atoms with van der Waals surface area (Å²) in [4.78, 5) is 12.0. The van der Waals surface area contributed by atoms with E-state index in [0.717, 1.165) is 0 Å². The maximum absolute atomic E-state index is 14.0. The predicted octanol–water partition coefficient (Wildman–Crippen LogP) is 4.05. The van der Waals surface area contributed by atoms with E-state index in [9.17, 15) is 22.4 Å². The molecule has 0 fully saturated rings. The average Bonchev–Trinajstić information content (AvgIpc) is 2.46. The smallest absolute Gasteiger partial charge is 0.199 e. The van der Waals surface area contributed by atoms with Gasteiger partial charge in [-0.05, 0) is 0 Å². The van der Waals surface area contributed by atoms with Crippen molar-refractivity contribution in [1.29, 1.82) is 0 Å². The van der Waals surface area contributed by atoms with E-state index >= 15 is 0 Å². The molecule has 0 aromatic heterocycles. The van der Waals surface area contributed by atoms with Gasteiger partial charge in [-0.1, -0.05) is 55.6 Å². The van der Waals surface area contributed by atoms with Crippen LogP contribution in [0.15, 0.2) is 30.3 Å². The molecule has 1 nitrogen and oxygen atoms in total. The van der Waals surface area contributed by atoms with Gasteiger partial charge in [-0.15, -0.1) is 0 Å². The van der Waals surface area contributed by atoms with Gasteiger partial charge >= 0.3 is 0 Å². The first kappa shape index (κ1) is 14.8. The Kier molecular flexibility index (Phi) is 4.32. The van der Waals surface area contributed by atoms with Crippen LogP contribution < -0.4 is 0 Å². The number of carbonyl (C=O) groups is 1. The molecule has 0 spiro atoms. The van der Waals surface area contributed by atoms with Crippen molar-refractivity contribution < 1.29 is 22.4 Å². The van der Waals surface area contributed by atoms with Gasteiger partial charge in [-0.25, -0.2) is 17.6 Å². The molecule has 0 heterocycles. The second-order valence-corrected chi connectivity index (χ2v) is 5.62. The number of hydrogen-bond donors (Lipinski definition) is 0. The lowest BCUT2D eigenvalue weighted by molar-refractivity contribution is 0.102.